The lowest BCUT2D eigenvalue weighted by molar-refractivity contribution is 0.0347. The topological polar surface area (TPSA) is 64.1 Å². The Morgan fingerprint density at radius 3 is 2.88 bits per heavy atom. The van der Waals surface area contributed by atoms with Gasteiger partial charge in [-0.15, -0.1) is 24.0 Å². The standard InChI is InChI=1S/C18H28ClN3O3.HI/c1-13(11-25-16-7-8-24-12-16)22-18(20-2)21-10-17(23-3)14-5-4-6-15(19)9-14;/h4-6,9,13,16-17H,7-8,10-12H2,1-3H3,(H2,20,21,22);1H. The van der Waals surface area contributed by atoms with Gasteiger partial charge in [0.05, 0.1) is 25.4 Å². The Balaban J connectivity index is 0.00000338. The van der Waals surface area contributed by atoms with Gasteiger partial charge in [0.2, 0.25) is 0 Å². The highest BCUT2D eigenvalue weighted by Crippen LogP contribution is 2.19. The number of hydrogen-bond acceptors (Lipinski definition) is 4. The fourth-order valence-corrected chi connectivity index (χ4v) is 2.83. The van der Waals surface area contributed by atoms with E-state index in [-0.39, 0.29) is 42.2 Å². The highest BCUT2D eigenvalue weighted by atomic mass is 127. The van der Waals surface area contributed by atoms with Crippen molar-refractivity contribution >= 4 is 41.5 Å². The van der Waals surface area contributed by atoms with E-state index in [4.69, 9.17) is 25.8 Å². The Labute approximate surface area is 178 Å². The van der Waals surface area contributed by atoms with Crippen molar-refractivity contribution in [3.63, 3.8) is 0 Å². The van der Waals surface area contributed by atoms with E-state index in [1.54, 1.807) is 14.2 Å². The normalized spacial score (nSPS) is 19.5. The van der Waals surface area contributed by atoms with E-state index < -0.39 is 0 Å². The Hall–Kier alpha value is -0.610. The number of nitrogens with zero attached hydrogens (tertiary/aromatic N) is 1. The van der Waals surface area contributed by atoms with Gasteiger partial charge in [0, 0.05) is 38.4 Å². The van der Waals surface area contributed by atoms with Crippen molar-refractivity contribution in [2.24, 2.45) is 4.99 Å². The summed E-state index contributed by atoms with van der Waals surface area (Å²) in [7, 11) is 3.43. The van der Waals surface area contributed by atoms with Gasteiger partial charge in [-0.1, -0.05) is 23.7 Å². The summed E-state index contributed by atoms with van der Waals surface area (Å²) in [5.41, 5.74) is 1.02. The van der Waals surface area contributed by atoms with Crippen LogP contribution in [0.25, 0.3) is 0 Å². The minimum atomic E-state index is -0.112. The van der Waals surface area contributed by atoms with E-state index >= 15 is 0 Å². The van der Waals surface area contributed by atoms with Crippen LogP contribution in [0.3, 0.4) is 0 Å². The maximum atomic E-state index is 6.06. The Kier molecular flexibility index (Phi) is 11.5. The van der Waals surface area contributed by atoms with E-state index in [0.717, 1.165) is 18.6 Å². The first kappa shape index (κ1) is 23.4. The predicted octanol–water partition coefficient (Wildman–Crippen LogP) is 3.00. The molecule has 3 atom stereocenters. The highest BCUT2D eigenvalue weighted by molar-refractivity contribution is 14.0. The Morgan fingerprint density at radius 2 is 2.27 bits per heavy atom. The molecule has 0 amide bonds. The molecule has 0 aliphatic carbocycles. The number of methoxy groups -OCH3 is 1. The van der Waals surface area contributed by atoms with Gasteiger partial charge in [-0.05, 0) is 31.0 Å². The summed E-state index contributed by atoms with van der Waals surface area (Å²) in [5.74, 6) is 0.711. The molecule has 0 spiro atoms. The second kappa shape index (κ2) is 12.7. The molecule has 3 unspecified atom stereocenters. The van der Waals surface area contributed by atoms with Crippen molar-refractivity contribution in [2.45, 2.75) is 31.6 Å². The quantitative estimate of drug-likeness (QED) is 0.328. The van der Waals surface area contributed by atoms with Crippen LogP contribution in [0.15, 0.2) is 29.3 Å². The minimum absolute atomic E-state index is 0. The van der Waals surface area contributed by atoms with Crippen LogP contribution in [0.2, 0.25) is 5.02 Å². The summed E-state index contributed by atoms with van der Waals surface area (Å²) in [6, 6.07) is 7.82. The van der Waals surface area contributed by atoms with Crippen LogP contribution >= 0.6 is 35.6 Å². The van der Waals surface area contributed by atoms with E-state index in [2.05, 4.69) is 22.5 Å². The molecule has 0 aromatic heterocycles. The molecule has 0 radical (unpaired) electrons. The fourth-order valence-electron chi connectivity index (χ4n) is 2.63. The summed E-state index contributed by atoms with van der Waals surface area (Å²) in [4.78, 5) is 4.26. The molecule has 1 aliphatic heterocycles. The first-order valence-electron chi connectivity index (χ1n) is 8.57. The SMILES string of the molecule is CN=C(NCC(OC)c1cccc(Cl)c1)NC(C)COC1CCOC1.I. The average molecular weight is 498 g/mol. The minimum Gasteiger partial charge on any atom is -0.379 e. The fraction of sp³-hybridized carbons (Fsp3) is 0.611. The molecule has 8 heteroatoms. The van der Waals surface area contributed by atoms with Gasteiger partial charge < -0.3 is 24.8 Å². The van der Waals surface area contributed by atoms with E-state index in [1.165, 1.54) is 0 Å². The van der Waals surface area contributed by atoms with Crippen LogP contribution in [0.4, 0.5) is 0 Å². The number of halogens is 2. The third-order valence-corrected chi connectivity index (χ3v) is 4.27. The van der Waals surface area contributed by atoms with Crippen molar-refractivity contribution in [2.75, 3.05) is 40.5 Å². The zero-order valence-corrected chi connectivity index (χ0v) is 18.6. The maximum absolute atomic E-state index is 6.06. The predicted molar refractivity (Wildman–Crippen MR) is 116 cm³/mol. The summed E-state index contributed by atoms with van der Waals surface area (Å²) in [6.07, 6.45) is 1.06. The third kappa shape index (κ3) is 7.96. The number of nitrogens with one attached hydrogen (secondary N) is 2. The highest BCUT2D eigenvalue weighted by Gasteiger charge is 2.17. The first-order chi connectivity index (χ1) is 12.1. The summed E-state index contributed by atoms with van der Waals surface area (Å²) in [5, 5.41) is 7.31. The van der Waals surface area contributed by atoms with Gasteiger partial charge in [0.15, 0.2) is 5.96 Å². The molecular formula is C18H29ClIN3O3. The zero-order valence-electron chi connectivity index (χ0n) is 15.5. The molecule has 1 aromatic rings. The van der Waals surface area contributed by atoms with Crippen molar-refractivity contribution in [1.82, 2.24) is 10.6 Å². The van der Waals surface area contributed by atoms with Crippen molar-refractivity contribution < 1.29 is 14.2 Å². The molecule has 0 bridgehead atoms. The van der Waals surface area contributed by atoms with Crippen molar-refractivity contribution in [3.8, 4) is 0 Å². The van der Waals surface area contributed by atoms with Gasteiger partial charge in [-0.3, -0.25) is 4.99 Å². The van der Waals surface area contributed by atoms with E-state index in [1.807, 2.05) is 24.3 Å². The Morgan fingerprint density at radius 1 is 1.46 bits per heavy atom. The molecule has 1 fully saturated rings. The molecule has 1 saturated heterocycles. The second-order valence-electron chi connectivity index (χ2n) is 6.10. The van der Waals surface area contributed by atoms with Crippen LogP contribution in [-0.2, 0) is 14.2 Å². The lowest BCUT2D eigenvalue weighted by Crippen LogP contribution is -2.45. The van der Waals surface area contributed by atoms with E-state index in [0.29, 0.717) is 30.7 Å². The summed E-state index contributed by atoms with van der Waals surface area (Å²) in [6.45, 7) is 4.73. The molecule has 148 valence electrons. The molecule has 1 heterocycles. The Bertz CT molecular complexity index is 556. The van der Waals surface area contributed by atoms with Crippen molar-refractivity contribution in [1.29, 1.82) is 0 Å². The molecule has 1 aromatic carbocycles. The van der Waals surface area contributed by atoms with Gasteiger partial charge in [-0.25, -0.2) is 0 Å². The summed E-state index contributed by atoms with van der Waals surface area (Å²) >= 11 is 6.06. The van der Waals surface area contributed by atoms with Crippen LogP contribution in [-0.4, -0.2) is 58.6 Å². The summed E-state index contributed by atoms with van der Waals surface area (Å²) < 4.78 is 16.7. The van der Waals surface area contributed by atoms with Gasteiger partial charge in [-0.2, -0.15) is 0 Å². The van der Waals surface area contributed by atoms with Crippen LogP contribution < -0.4 is 10.6 Å². The molecule has 6 nitrogen and oxygen atoms in total. The first-order valence-corrected chi connectivity index (χ1v) is 8.95. The van der Waals surface area contributed by atoms with Gasteiger partial charge in [0.1, 0.15) is 0 Å². The molecule has 26 heavy (non-hydrogen) atoms. The monoisotopic (exact) mass is 497 g/mol. The smallest absolute Gasteiger partial charge is 0.191 e. The largest absolute Gasteiger partial charge is 0.379 e. The van der Waals surface area contributed by atoms with Gasteiger partial charge in [0.25, 0.3) is 0 Å². The zero-order chi connectivity index (χ0) is 18.1. The number of guanidine groups is 1. The lowest BCUT2D eigenvalue weighted by atomic mass is 10.1. The van der Waals surface area contributed by atoms with Crippen molar-refractivity contribution in [3.05, 3.63) is 34.9 Å². The molecule has 1 aliphatic rings. The molecule has 2 rings (SSSR count). The van der Waals surface area contributed by atoms with Crippen LogP contribution in [0, 0.1) is 0 Å². The number of rotatable bonds is 8. The maximum Gasteiger partial charge on any atom is 0.191 e. The molecule has 0 saturated carbocycles. The second-order valence-corrected chi connectivity index (χ2v) is 6.53. The molecular weight excluding hydrogens is 469 g/mol. The van der Waals surface area contributed by atoms with Gasteiger partial charge >= 0.3 is 0 Å². The molecule has 2 N–H and O–H groups in total. The number of aliphatic imine (C=N–C) groups is 1. The van der Waals surface area contributed by atoms with Crippen LogP contribution in [0.1, 0.15) is 25.0 Å². The number of ether oxygens (including phenoxy) is 3. The van der Waals surface area contributed by atoms with Crippen LogP contribution in [0.5, 0.6) is 0 Å². The number of benzene rings is 1. The third-order valence-electron chi connectivity index (χ3n) is 4.04. The average Bonchev–Trinajstić information content (AvgIpc) is 3.13. The number of hydrogen-bond donors (Lipinski definition) is 2. The van der Waals surface area contributed by atoms with E-state index in [9.17, 15) is 0 Å². The lowest BCUT2D eigenvalue weighted by Gasteiger charge is -2.22.